The van der Waals surface area contributed by atoms with Gasteiger partial charge in [-0.1, -0.05) is 12.1 Å². The lowest BCUT2D eigenvalue weighted by molar-refractivity contribution is -0.119. The van der Waals surface area contributed by atoms with Gasteiger partial charge in [0.2, 0.25) is 0 Å². The number of piperidine rings is 1. The van der Waals surface area contributed by atoms with Crippen molar-refractivity contribution in [1.29, 1.82) is 0 Å². The Morgan fingerprint density at radius 2 is 1.75 bits per heavy atom. The third-order valence-electron chi connectivity index (χ3n) is 5.09. The first-order valence-corrected chi connectivity index (χ1v) is 9.58. The Morgan fingerprint density at radius 1 is 1.04 bits per heavy atom. The zero-order chi connectivity index (χ0) is 19.9. The van der Waals surface area contributed by atoms with E-state index in [1.165, 1.54) is 37.0 Å². The smallest absolute Gasteiger partial charge is 0.258 e. The van der Waals surface area contributed by atoms with E-state index in [1.807, 2.05) is 12.1 Å². The number of halogens is 1. The average molecular weight is 386 g/mol. The number of anilines is 2. The van der Waals surface area contributed by atoms with Gasteiger partial charge in [-0.3, -0.25) is 4.79 Å². The maximum Gasteiger partial charge on any atom is 0.258 e. The predicted octanol–water partition coefficient (Wildman–Crippen LogP) is 4.20. The molecule has 1 saturated heterocycles. The average Bonchev–Trinajstić information content (AvgIpc) is 2.77. The molecule has 0 bridgehead atoms. The van der Waals surface area contributed by atoms with Gasteiger partial charge in [0, 0.05) is 24.8 Å². The molecule has 1 aliphatic heterocycles. The van der Waals surface area contributed by atoms with Crippen molar-refractivity contribution in [3.63, 3.8) is 0 Å². The zero-order valence-electron chi connectivity index (χ0n) is 16.5. The highest BCUT2D eigenvalue weighted by molar-refractivity contribution is 5.95. The Balaban J connectivity index is 1.84. The molecule has 0 aliphatic carbocycles. The number of rotatable bonds is 7. The molecule has 0 atom stereocenters. The molecule has 1 aliphatic rings. The molecule has 0 N–H and O–H groups in total. The van der Waals surface area contributed by atoms with E-state index in [9.17, 15) is 9.18 Å². The summed E-state index contributed by atoms with van der Waals surface area (Å²) in [6.07, 6.45) is 3.73. The molecule has 150 valence electrons. The fraction of sp³-hybridized carbons (Fsp3) is 0.409. The highest BCUT2D eigenvalue weighted by Crippen LogP contribution is 2.33. The summed E-state index contributed by atoms with van der Waals surface area (Å²) in [5.74, 6) is 0.451. The van der Waals surface area contributed by atoms with Crippen LogP contribution in [-0.2, 0) is 11.3 Å². The molecular formula is C22H27FN2O3. The quantitative estimate of drug-likeness (QED) is 0.715. The number of hydrogen-bond acceptors (Lipinski definition) is 4. The second-order valence-corrected chi connectivity index (χ2v) is 6.87. The molecule has 0 aromatic heterocycles. The van der Waals surface area contributed by atoms with Crippen LogP contribution in [0.25, 0.3) is 0 Å². The minimum Gasteiger partial charge on any atom is -0.497 e. The summed E-state index contributed by atoms with van der Waals surface area (Å²) < 4.78 is 23.9. The summed E-state index contributed by atoms with van der Waals surface area (Å²) in [5.41, 5.74) is 2.60. The lowest BCUT2D eigenvalue weighted by Gasteiger charge is -2.29. The van der Waals surface area contributed by atoms with Crippen molar-refractivity contribution in [3.8, 4) is 11.5 Å². The van der Waals surface area contributed by atoms with E-state index in [1.54, 1.807) is 25.3 Å². The van der Waals surface area contributed by atoms with E-state index in [4.69, 9.17) is 9.47 Å². The van der Waals surface area contributed by atoms with Crippen LogP contribution >= 0.6 is 0 Å². The van der Waals surface area contributed by atoms with Crippen molar-refractivity contribution in [2.45, 2.75) is 25.8 Å². The van der Waals surface area contributed by atoms with Gasteiger partial charge in [0.15, 0.2) is 6.67 Å². The molecule has 5 nitrogen and oxygen atoms in total. The molecule has 6 heteroatoms. The van der Waals surface area contributed by atoms with Gasteiger partial charge in [-0.25, -0.2) is 4.39 Å². The second-order valence-electron chi connectivity index (χ2n) is 6.87. The molecule has 0 saturated carbocycles. The van der Waals surface area contributed by atoms with Crippen LogP contribution in [0.2, 0.25) is 0 Å². The van der Waals surface area contributed by atoms with E-state index in [2.05, 4.69) is 17.0 Å². The number of methoxy groups -OCH3 is 2. The molecule has 2 aromatic rings. The number of benzene rings is 2. The Kier molecular flexibility index (Phi) is 6.74. The largest absolute Gasteiger partial charge is 0.497 e. The monoisotopic (exact) mass is 386 g/mol. The van der Waals surface area contributed by atoms with Gasteiger partial charge in [-0.15, -0.1) is 0 Å². The summed E-state index contributed by atoms with van der Waals surface area (Å²) in [7, 11) is 3.07. The van der Waals surface area contributed by atoms with Crippen LogP contribution in [0.5, 0.6) is 11.5 Å². The third-order valence-corrected chi connectivity index (χ3v) is 5.09. The minimum atomic E-state index is -1.08. The van der Waals surface area contributed by atoms with E-state index in [0.29, 0.717) is 17.2 Å². The molecule has 0 spiro atoms. The second kappa shape index (κ2) is 9.44. The number of carbonyl (C=O) groups excluding carboxylic acids is 1. The van der Waals surface area contributed by atoms with Crippen molar-refractivity contribution in [1.82, 2.24) is 0 Å². The first-order chi connectivity index (χ1) is 13.7. The fourth-order valence-electron chi connectivity index (χ4n) is 3.53. The first-order valence-electron chi connectivity index (χ1n) is 9.58. The number of ether oxygens (including phenoxy) is 2. The first kappa shape index (κ1) is 20.0. The standard InChI is InChI=1S/C22H27FN2O3/c1-27-19-10-11-21(28-2)20(14-19)25(22(26)15-23)16-17-6-8-18(9-7-17)24-12-4-3-5-13-24/h6-11,14H,3-5,12-13,15-16H2,1-2H3. The Hall–Kier alpha value is -2.76. The molecule has 0 unspecified atom stereocenters. The van der Waals surface area contributed by atoms with Gasteiger partial charge in [-0.2, -0.15) is 0 Å². The van der Waals surface area contributed by atoms with Gasteiger partial charge in [0.1, 0.15) is 11.5 Å². The normalized spacial score (nSPS) is 13.9. The van der Waals surface area contributed by atoms with E-state index in [0.717, 1.165) is 18.7 Å². The van der Waals surface area contributed by atoms with Crippen molar-refractivity contribution >= 4 is 17.3 Å². The van der Waals surface area contributed by atoms with Gasteiger partial charge in [0.25, 0.3) is 5.91 Å². The Bertz CT molecular complexity index is 789. The van der Waals surface area contributed by atoms with Gasteiger partial charge < -0.3 is 19.3 Å². The predicted molar refractivity (Wildman–Crippen MR) is 109 cm³/mol. The SMILES string of the molecule is COc1ccc(OC)c(N(Cc2ccc(N3CCCCC3)cc2)C(=O)CF)c1. The number of amides is 1. The van der Waals surface area contributed by atoms with Crippen LogP contribution in [0.15, 0.2) is 42.5 Å². The summed E-state index contributed by atoms with van der Waals surface area (Å²) >= 11 is 0. The summed E-state index contributed by atoms with van der Waals surface area (Å²) in [6, 6.07) is 13.3. The molecule has 2 aromatic carbocycles. The zero-order valence-corrected chi connectivity index (χ0v) is 16.5. The van der Waals surface area contributed by atoms with Crippen molar-refractivity contribution in [2.24, 2.45) is 0 Å². The molecule has 1 heterocycles. The topological polar surface area (TPSA) is 42.0 Å². The van der Waals surface area contributed by atoms with Crippen molar-refractivity contribution < 1.29 is 18.7 Å². The molecule has 28 heavy (non-hydrogen) atoms. The van der Waals surface area contributed by atoms with Gasteiger partial charge in [0.05, 0.1) is 26.5 Å². The number of carbonyl (C=O) groups is 1. The summed E-state index contributed by atoms with van der Waals surface area (Å²) in [6.45, 7) is 1.33. The highest BCUT2D eigenvalue weighted by Gasteiger charge is 2.21. The van der Waals surface area contributed by atoms with Crippen LogP contribution < -0.4 is 19.3 Å². The number of hydrogen-bond donors (Lipinski definition) is 0. The van der Waals surface area contributed by atoms with Crippen molar-refractivity contribution in [3.05, 3.63) is 48.0 Å². The van der Waals surface area contributed by atoms with E-state index < -0.39 is 12.6 Å². The van der Waals surface area contributed by atoms with Crippen LogP contribution in [0.3, 0.4) is 0 Å². The molecule has 1 fully saturated rings. The van der Waals surface area contributed by atoms with E-state index >= 15 is 0 Å². The fourth-order valence-corrected chi connectivity index (χ4v) is 3.53. The minimum absolute atomic E-state index is 0.257. The Morgan fingerprint density at radius 3 is 2.36 bits per heavy atom. The molecule has 1 amide bonds. The van der Waals surface area contributed by atoms with Crippen LogP contribution in [0, 0.1) is 0 Å². The lowest BCUT2D eigenvalue weighted by Crippen LogP contribution is -2.32. The van der Waals surface area contributed by atoms with Crippen LogP contribution in [0.4, 0.5) is 15.8 Å². The third kappa shape index (κ3) is 4.55. The summed E-state index contributed by atoms with van der Waals surface area (Å²) in [4.78, 5) is 16.1. The molecule has 0 radical (unpaired) electrons. The molecular weight excluding hydrogens is 359 g/mol. The van der Waals surface area contributed by atoms with Gasteiger partial charge in [-0.05, 0) is 49.1 Å². The maximum absolute atomic E-state index is 13.3. The number of alkyl halides is 1. The molecule has 3 rings (SSSR count). The van der Waals surface area contributed by atoms with Crippen LogP contribution in [0.1, 0.15) is 24.8 Å². The lowest BCUT2D eigenvalue weighted by atomic mass is 10.1. The van der Waals surface area contributed by atoms with Crippen LogP contribution in [-0.4, -0.2) is 39.9 Å². The van der Waals surface area contributed by atoms with Gasteiger partial charge >= 0.3 is 0 Å². The highest BCUT2D eigenvalue weighted by atomic mass is 19.1. The van der Waals surface area contributed by atoms with E-state index in [-0.39, 0.29) is 6.54 Å². The maximum atomic E-state index is 13.3. The van der Waals surface area contributed by atoms with Crippen molar-refractivity contribution in [2.75, 3.05) is 43.8 Å². The Labute approximate surface area is 165 Å². The number of nitrogens with zero attached hydrogens (tertiary/aromatic N) is 2. The summed E-state index contributed by atoms with van der Waals surface area (Å²) in [5, 5.41) is 0.